The van der Waals surface area contributed by atoms with Crippen molar-refractivity contribution in [1.29, 1.82) is 0 Å². The van der Waals surface area contributed by atoms with Gasteiger partial charge in [-0.3, -0.25) is 4.79 Å². The molecule has 1 aliphatic heterocycles. The first-order valence-electron chi connectivity index (χ1n) is 6.75. The van der Waals surface area contributed by atoms with Gasteiger partial charge in [0, 0.05) is 6.42 Å². The molecule has 0 aliphatic carbocycles. The van der Waals surface area contributed by atoms with E-state index in [1.165, 1.54) is 6.42 Å². The lowest BCUT2D eigenvalue weighted by Crippen LogP contribution is -2.15. The average Bonchev–Trinajstić information content (AvgIpc) is 3.08. The molecular weight excluding hydrogens is 240 g/mol. The molecule has 2 heterocycles. The van der Waals surface area contributed by atoms with E-state index in [0.29, 0.717) is 12.3 Å². The summed E-state index contributed by atoms with van der Waals surface area (Å²) in [5, 5.41) is 6.27. The monoisotopic (exact) mass is 258 g/mol. The van der Waals surface area contributed by atoms with E-state index in [1.54, 1.807) is 6.33 Å². The Kier molecular flexibility index (Phi) is 3.46. The second-order valence-electron chi connectivity index (χ2n) is 5.05. The Labute approximate surface area is 111 Å². The zero-order chi connectivity index (χ0) is 13.1. The molecule has 1 aromatic heterocycles. The summed E-state index contributed by atoms with van der Waals surface area (Å²) in [4.78, 5) is 19.2. The van der Waals surface area contributed by atoms with E-state index in [9.17, 15) is 4.79 Å². The number of carbonyl (C=O) groups is 1. The van der Waals surface area contributed by atoms with Crippen LogP contribution < -0.4 is 10.6 Å². The maximum atomic E-state index is 12.0. The van der Waals surface area contributed by atoms with Crippen LogP contribution in [0.15, 0.2) is 24.5 Å². The molecule has 1 atom stereocenters. The van der Waals surface area contributed by atoms with E-state index in [0.717, 1.165) is 36.2 Å². The largest absolute Gasteiger partial charge is 0.345 e. The molecule has 0 radical (unpaired) electrons. The highest BCUT2D eigenvalue weighted by atomic mass is 16.1. The third kappa shape index (κ3) is 2.76. The molecule has 1 fully saturated rings. The van der Waals surface area contributed by atoms with Crippen molar-refractivity contribution in [2.24, 2.45) is 5.92 Å². The van der Waals surface area contributed by atoms with Gasteiger partial charge in [-0.25, -0.2) is 4.98 Å². The Morgan fingerprint density at radius 2 is 2.42 bits per heavy atom. The number of carbonyl (C=O) groups excluding carboxylic acids is 1. The topological polar surface area (TPSA) is 69.8 Å². The summed E-state index contributed by atoms with van der Waals surface area (Å²) >= 11 is 0. The number of hydrogen-bond donors (Lipinski definition) is 3. The molecule has 1 unspecified atom stereocenters. The lowest BCUT2D eigenvalue weighted by Gasteiger charge is -2.09. The Morgan fingerprint density at radius 3 is 3.26 bits per heavy atom. The molecule has 0 saturated carbocycles. The van der Waals surface area contributed by atoms with Crippen LogP contribution in [0.3, 0.4) is 0 Å². The quantitative estimate of drug-likeness (QED) is 0.784. The Morgan fingerprint density at radius 1 is 1.47 bits per heavy atom. The van der Waals surface area contributed by atoms with Gasteiger partial charge in [-0.2, -0.15) is 0 Å². The van der Waals surface area contributed by atoms with Crippen molar-refractivity contribution in [2.75, 3.05) is 18.4 Å². The van der Waals surface area contributed by atoms with Crippen molar-refractivity contribution in [3.8, 4) is 0 Å². The number of amides is 1. The number of H-pyrrole nitrogens is 1. The normalized spacial score (nSPS) is 18.8. The van der Waals surface area contributed by atoms with Crippen LogP contribution in [-0.2, 0) is 4.79 Å². The molecule has 1 amide bonds. The lowest BCUT2D eigenvalue weighted by atomic mass is 10.0. The molecule has 1 aromatic carbocycles. The zero-order valence-electron chi connectivity index (χ0n) is 10.8. The van der Waals surface area contributed by atoms with E-state index >= 15 is 0 Å². The standard InChI is InChI=1S/C14H18N4O/c19-13(5-4-10-6-7-15-8-10)18-12-3-1-2-11-14(12)17-9-16-11/h1-3,9-10,15H,4-8H2,(H,16,17)(H,18,19). The van der Waals surface area contributed by atoms with E-state index in [2.05, 4.69) is 20.6 Å². The molecule has 2 aromatic rings. The summed E-state index contributed by atoms with van der Waals surface area (Å²) in [7, 11) is 0. The number of aromatic nitrogens is 2. The Bertz CT molecular complexity index is 572. The average molecular weight is 258 g/mol. The Balaban J connectivity index is 1.60. The van der Waals surface area contributed by atoms with Crippen molar-refractivity contribution in [2.45, 2.75) is 19.3 Å². The molecule has 0 bridgehead atoms. The van der Waals surface area contributed by atoms with Crippen molar-refractivity contribution >= 4 is 22.6 Å². The maximum absolute atomic E-state index is 12.0. The van der Waals surface area contributed by atoms with Gasteiger partial charge in [0.25, 0.3) is 0 Å². The van der Waals surface area contributed by atoms with Crippen molar-refractivity contribution in [3.05, 3.63) is 24.5 Å². The highest BCUT2D eigenvalue weighted by Crippen LogP contribution is 2.20. The number of nitrogens with one attached hydrogen (secondary N) is 3. The van der Waals surface area contributed by atoms with E-state index in [-0.39, 0.29) is 5.91 Å². The number of benzene rings is 1. The summed E-state index contributed by atoms with van der Waals surface area (Å²) < 4.78 is 0. The van der Waals surface area contributed by atoms with Gasteiger partial charge in [0.2, 0.25) is 5.91 Å². The minimum absolute atomic E-state index is 0.0717. The van der Waals surface area contributed by atoms with Crippen LogP contribution in [0, 0.1) is 5.92 Å². The summed E-state index contributed by atoms with van der Waals surface area (Å²) in [6.07, 6.45) is 4.36. The zero-order valence-corrected chi connectivity index (χ0v) is 10.8. The van der Waals surface area contributed by atoms with Gasteiger partial charge >= 0.3 is 0 Å². The molecule has 0 spiro atoms. The minimum atomic E-state index is 0.0717. The van der Waals surface area contributed by atoms with Crippen molar-refractivity contribution in [3.63, 3.8) is 0 Å². The highest BCUT2D eigenvalue weighted by Gasteiger charge is 2.16. The van der Waals surface area contributed by atoms with E-state index < -0.39 is 0 Å². The highest BCUT2D eigenvalue weighted by molar-refractivity contribution is 5.99. The predicted octanol–water partition coefficient (Wildman–Crippen LogP) is 1.89. The van der Waals surface area contributed by atoms with E-state index in [1.807, 2.05) is 18.2 Å². The van der Waals surface area contributed by atoms with Crippen LogP contribution in [0.2, 0.25) is 0 Å². The van der Waals surface area contributed by atoms with Crippen LogP contribution in [0.25, 0.3) is 11.0 Å². The molecule has 1 saturated heterocycles. The second-order valence-corrected chi connectivity index (χ2v) is 5.05. The summed E-state index contributed by atoms with van der Waals surface area (Å²) in [5.41, 5.74) is 2.55. The molecule has 100 valence electrons. The van der Waals surface area contributed by atoms with Crippen molar-refractivity contribution in [1.82, 2.24) is 15.3 Å². The van der Waals surface area contributed by atoms with Crippen LogP contribution in [-0.4, -0.2) is 29.0 Å². The lowest BCUT2D eigenvalue weighted by molar-refractivity contribution is -0.116. The van der Waals surface area contributed by atoms with Gasteiger partial charge in [0.05, 0.1) is 17.5 Å². The third-order valence-electron chi connectivity index (χ3n) is 3.67. The van der Waals surface area contributed by atoms with E-state index in [4.69, 9.17) is 0 Å². The molecule has 1 aliphatic rings. The fourth-order valence-electron chi connectivity index (χ4n) is 2.58. The second kappa shape index (κ2) is 5.40. The van der Waals surface area contributed by atoms with Crippen molar-refractivity contribution < 1.29 is 4.79 Å². The molecule has 5 nitrogen and oxygen atoms in total. The van der Waals surface area contributed by atoms with Gasteiger partial charge in [0.1, 0.15) is 5.52 Å². The van der Waals surface area contributed by atoms with Crippen LogP contribution >= 0.6 is 0 Å². The maximum Gasteiger partial charge on any atom is 0.224 e. The molecular formula is C14H18N4O. The number of nitrogens with zero attached hydrogens (tertiary/aromatic N) is 1. The first-order valence-corrected chi connectivity index (χ1v) is 6.75. The number of anilines is 1. The number of rotatable bonds is 4. The molecule has 3 N–H and O–H groups in total. The van der Waals surface area contributed by atoms with Crippen LogP contribution in [0.1, 0.15) is 19.3 Å². The fourth-order valence-corrected chi connectivity index (χ4v) is 2.58. The fraction of sp³-hybridized carbons (Fsp3) is 0.429. The Hall–Kier alpha value is -1.88. The van der Waals surface area contributed by atoms with Gasteiger partial charge in [-0.15, -0.1) is 0 Å². The first kappa shape index (κ1) is 12.2. The summed E-state index contributed by atoms with van der Waals surface area (Å²) in [5.74, 6) is 0.717. The SMILES string of the molecule is O=C(CCC1CCNC1)Nc1cccc2[nH]cnc12. The number of aromatic amines is 1. The van der Waals surface area contributed by atoms with Crippen LogP contribution in [0.5, 0.6) is 0 Å². The van der Waals surface area contributed by atoms with Gasteiger partial charge in [-0.05, 0) is 44.0 Å². The molecule has 19 heavy (non-hydrogen) atoms. The molecule has 5 heteroatoms. The van der Waals surface area contributed by atoms with Crippen LogP contribution in [0.4, 0.5) is 5.69 Å². The molecule has 3 rings (SSSR count). The smallest absolute Gasteiger partial charge is 0.224 e. The number of imidazole rings is 1. The number of hydrogen-bond acceptors (Lipinski definition) is 3. The third-order valence-corrected chi connectivity index (χ3v) is 3.67. The first-order chi connectivity index (χ1) is 9.33. The predicted molar refractivity (Wildman–Crippen MR) is 74.9 cm³/mol. The number of para-hydroxylation sites is 1. The van der Waals surface area contributed by atoms with Gasteiger partial charge < -0.3 is 15.6 Å². The number of fused-ring (bicyclic) bond motifs is 1. The summed E-state index contributed by atoms with van der Waals surface area (Å²) in [6, 6.07) is 5.75. The summed E-state index contributed by atoms with van der Waals surface area (Å²) in [6.45, 7) is 2.13. The van der Waals surface area contributed by atoms with Gasteiger partial charge in [-0.1, -0.05) is 6.07 Å². The minimum Gasteiger partial charge on any atom is -0.345 e. The van der Waals surface area contributed by atoms with Gasteiger partial charge in [0.15, 0.2) is 0 Å².